The Bertz CT molecular complexity index is 793. The molecule has 0 aliphatic rings. The molecule has 0 radical (unpaired) electrons. The Morgan fingerprint density at radius 3 is 2.21 bits per heavy atom. The maximum Gasteiger partial charge on any atom is 0.191 e. The molecule has 3 N–H and O–H groups in total. The first kappa shape index (κ1) is 21.2. The molecule has 152 valence electrons. The van der Waals surface area contributed by atoms with E-state index in [0.717, 1.165) is 48.1 Å². The van der Waals surface area contributed by atoms with Crippen LogP contribution in [0.15, 0.2) is 41.4 Å². The van der Waals surface area contributed by atoms with Crippen molar-refractivity contribution in [2.45, 2.75) is 19.9 Å². The molecule has 7 nitrogen and oxygen atoms in total. The van der Waals surface area contributed by atoms with Gasteiger partial charge >= 0.3 is 0 Å². The van der Waals surface area contributed by atoms with Crippen LogP contribution in [0.1, 0.15) is 18.1 Å². The van der Waals surface area contributed by atoms with E-state index in [1.165, 1.54) is 7.11 Å². The minimum atomic E-state index is 0.113. The fraction of sp³-hybridized carbons (Fsp3) is 0.381. The lowest BCUT2D eigenvalue weighted by Gasteiger charge is -2.13. The van der Waals surface area contributed by atoms with E-state index in [0.29, 0.717) is 12.3 Å². The van der Waals surface area contributed by atoms with Gasteiger partial charge in [-0.1, -0.05) is 12.1 Å². The van der Waals surface area contributed by atoms with E-state index in [2.05, 4.69) is 15.6 Å². The number of aromatic hydroxyl groups is 1. The van der Waals surface area contributed by atoms with E-state index in [-0.39, 0.29) is 5.75 Å². The number of hydrogen-bond acceptors (Lipinski definition) is 5. The Hall–Kier alpha value is -3.09. The molecule has 2 aromatic carbocycles. The summed E-state index contributed by atoms with van der Waals surface area (Å²) in [6.07, 6.45) is 0.814. The van der Waals surface area contributed by atoms with Crippen LogP contribution in [0.25, 0.3) is 0 Å². The quantitative estimate of drug-likeness (QED) is 0.453. The first-order valence-corrected chi connectivity index (χ1v) is 9.20. The van der Waals surface area contributed by atoms with Crippen LogP contribution in [0.2, 0.25) is 0 Å². The summed E-state index contributed by atoms with van der Waals surface area (Å²) >= 11 is 0. The van der Waals surface area contributed by atoms with Crippen molar-refractivity contribution in [3.05, 3.63) is 47.5 Å². The number of phenolic OH excluding ortho intramolecular Hbond substituents is 1. The van der Waals surface area contributed by atoms with E-state index in [1.807, 2.05) is 31.2 Å². The number of hydrogen-bond donors (Lipinski definition) is 3. The van der Waals surface area contributed by atoms with Crippen LogP contribution in [0.5, 0.6) is 23.0 Å². The largest absolute Gasteiger partial charge is 0.504 e. The van der Waals surface area contributed by atoms with Gasteiger partial charge in [-0.3, -0.25) is 0 Å². The van der Waals surface area contributed by atoms with E-state index in [1.54, 1.807) is 26.4 Å². The van der Waals surface area contributed by atoms with Crippen LogP contribution in [-0.2, 0) is 13.0 Å². The second-order valence-corrected chi connectivity index (χ2v) is 6.07. The highest BCUT2D eigenvalue weighted by Crippen LogP contribution is 2.28. The lowest BCUT2D eigenvalue weighted by molar-refractivity contribution is 0.354. The normalized spacial score (nSPS) is 11.1. The average Bonchev–Trinajstić information content (AvgIpc) is 2.71. The maximum atomic E-state index is 9.88. The summed E-state index contributed by atoms with van der Waals surface area (Å²) in [5.74, 6) is 2.73. The number of guanidine groups is 1. The van der Waals surface area contributed by atoms with Crippen molar-refractivity contribution >= 4 is 5.96 Å². The Morgan fingerprint density at radius 2 is 1.57 bits per heavy atom. The second-order valence-electron chi connectivity index (χ2n) is 6.07. The van der Waals surface area contributed by atoms with Crippen molar-refractivity contribution in [2.24, 2.45) is 4.99 Å². The molecule has 28 heavy (non-hydrogen) atoms. The molecule has 0 saturated heterocycles. The van der Waals surface area contributed by atoms with Crippen molar-refractivity contribution in [3.8, 4) is 23.0 Å². The molecular formula is C21H29N3O4. The zero-order valence-corrected chi connectivity index (χ0v) is 16.9. The Kier molecular flexibility index (Phi) is 8.27. The average molecular weight is 387 g/mol. The molecule has 0 heterocycles. The summed E-state index contributed by atoms with van der Waals surface area (Å²) < 4.78 is 15.7. The molecule has 0 aromatic heterocycles. The topological polar surface area (TPSA) is 84.3 Å². The molecule has 2 rings (SSSR count). The van der Waals surface area contributed by atoms with Gasteiger partial charge in [0.15, 0.2) is 29.0 Å². The highest BCUT2D eigenvalue weighted by Gasteiger charge is 2.06. The number of nitrogens with zero attached hydrogens (tertiary/aromatic N) is 1. The molecular weight excluding hydrogens is 358 g/mol. The van der Waals surface area contributed by atoms with Gasteiger partial charge in [0.05, 0.1) is 27.9 Å². The molecule has 7 heteroatoms. The van der Waals surface area contributed by atoms with Crippen LogP contribution in [0.3, 0.4) is 0 Å². The van der Waals surface area contributed by atoms with Crippen LogP contribution >= 0.6 is 0 Å². The Labute approximate surface area is 166 Å². The molecule has 2 aromatic rings. The second kappa shape index (κ2) is 10.9. The van der Waals surface area contributed by atoms with Crippen LogP contribution < -0.4 is 24.8 Å². The maximum absolute atomic E-state index is 9.88. The number of aliphatic imine (C=N–C) groups is 1. The van der Waals surface area contributed by atoms with Crippen molar-refractivity contribution in [2.75, 3.05) is 34.4 Å². The van der Waals surface area contributed by atoms with E-state index >= 15 is 0 Å². The van der Waals surface area contributed by atoms with Gasteiger partial charge in [-0.25, -0.2) is 4.99 Å². The standard InChI is InChI=1S/C21H29N3O4/c1-5-22-21(24-14-16-7-8-18(26-2)17(25)12-16)23-11-10-15-6-9-19(27-3)20(13-15)28-4/h6-9,12-13,25H,5,10-11,14H2,1-4H3,(H2,22,23,24). The molecule has 0 aliphatic heterocycles. The number of nitrogens with one attached hydrogen (secondary N) is 2. The van der Waals surface area contributed by atoms with Gasteiger partial charge in [-0.2, -0.15) is 0 Å². The molecule has 0 bridgehead atoms. The van der Waals surface area contributed by atoms with Gasteiger partial charge in [0.2, 0.25) is 0 Å². The van der Waals surface area contributed by atoms with Gasteiger partial charge in [0.25, 0.3) is 0 Å². The van der Waals surface area contributed by atoms with Crippen LogP contribution in [-0.4, -0.2) is 45.5 Å². The zero-order chi connectivity index (χ0) is 20.4. The van der Waals surface area contributed by atoms with Crippen LogP contribution in [0, 0.1) is 0 Å². The number of methoxy groups -OCH3 is 3. The molecule has 0 fully saturated rings. The van der Waals surface area contributed by atoms with Gasteiger partial charge in [0.1, 0.15) is 0 Å². The lowest BCUT2D eigenvalue weighted by Crippen LogP contribution is -2.38. The van der Waals surface area contributed by atoms with E-state index in [4.69, 9.17) is 14.2 Å². The Balaban J connectivity index is 1.95. The molecule has 0 spiro atoms. The highest BCUT2D eigenvalue weighted by molar-refractivity contribution is 5.79. The first-order valence-electron chi connectivity index (χ1n) is 9.20. The molecule has 0 amide bonds. The third-order valence-electron chi connectivity index (χ3n) is 4.16. The summed E-state index contributed by atoms with van der Waals surface area (Å²) in [6, 6.07) is 11.2. The predicted octanol–water partition coefficient (Wildman–Crippen LogP) is 2.72. The molecule has 0 aliphatic carbocycles. The van der Waals surface area contributed by atoms with Crippen molar-refractivity contribution in [1.82, 2.24) is 10.6 Å². The smallest absolute Gasteiger partial charge is 0.191 e. The summed E-state index contributed by atoms with van der Waals surface area (Å²) in [7, 11) is 4.78. The van der Waals surface area contributed by atoms with Gasteiger partial charge in [-0.05, 0) is 48.7 Å². The van der Waals surface area contributed by atoms with E-state index < -0.39 is 0 Å². The summed E-state index contributed by atoms with van der Waals surface area (Å²) in [5.41, 5.74) is 2.04. The van der Waals surface area contributed by atoms with E-state index in [9.17, 15) is 5.11 Å². The monoisotopic (exact) mass is 387 g/mol. The molecule has 0 atom stereocenters. The van der Waals surface area contributed by atoms with Crippen molar-refractivity contribution in [1.29, 1.82) is 0 Å². The fourth-order valence-corrected chi connectivity index (χ4v) is 2.71. The minimum Gasteiger partial charge on any atom is -0.504 e. The van der Waals surface area contributed by atoms with Gasteiger partial charge in [-0.15, -0.1) is 0 Å². The predicted molar refractivity (Wildman–Crippen MR) is 111 cm³/mol. The summed E-state index contributed by atoms with van der Waals surface area (Å²) in [6.45, 7) is 3.94. The minimum absolute atomic E-state index is 0.113. The fourth-order valence-electron chi connectivity index (χ4n) is 2.71. The first-order chi connectivity index (χ1) is 13.6. The number of ether oxygens (including phenoxy) is 3. The number of benzene rings is 2. The number of rotatable bonds is 9. The summed E-state index contributed by atoms with van der Waals surface area (Å²) in [4.78, 5) is 4.57. The third-order valence-corrected chi connectivity index (χ3v) is 4.16. The van der Waals surface area contributed by atoms with Crippen LogP contribution in [0.4, 0.5) is 0 Å². The SMILES string of the molecule is CCNC(=NCc1ccc(OC)c(O)c1)NCCc1ccc(OC)c(OC)c1. The van der Waals surface area contributed by atoms with Crippen molar-refractivity contribution < 1.29 is 19.3 Å². The molecule has 0 unspecified atom stereocenters. The third kappa shape index (κ3) is 5.97. The molecule has 0 saturated carbocycles. The number of phenols is 1. The lowest BCUT2D eigenvalue weighted by atomic mass is 10.1. The summed E-state index contributed by atoms with van der Waals surface area (Å²) in [5, 5.41) is 16.4. The van der Waals surface area contributed by atoms with Gasteiger partial charge < -0.3 is 30.0 Å². The van der Waals surface area contributed by atoms with Gasteiger partial charge in [0, 0.05) is 13.1 Å². The zero-order valence-electron chi connectivity index (χ0n) is 16.9. The Morgan fingerprint density at radius 1 is 0.893 bits per heavy atom. The van der Waals surface area contributed by atoms with Crippen molar-refractivity contribution in [3.63, 3.8) is 0 Å². The highest BCUT2D eigenvalue weighted by atomic mass is 16.5.